The summed E-state index contributed by atoms with van der Waals surface area (Å²) >= 11 is 1.88. The molecule has 6 aromatic rings. The van der Waals surface area contributed by atoms with E-state index in [1.54, 1.807) is 0 Å². The normalized spacial score (nSPS) is 12.3. The van der Waals surface area contributed by atoms with Crippen LogP contribution in [0.15, 0.2) is 97.1 Å². The first-order chi connectivity index (χ1) is 14.9. The Morgan fingerprint density at radius 1 is 0.467 bits per heavy atom. The Balaban J connectivity index is 1.58. The van der Waals surface area contributed by atoms with E-state index in [1.807, 2.05) is 23.5 Å². The van der Waals surface area contributed by atoms with E-state index in [1.165, 1.54) is 47.6 Å². The summed E-state index contributed by atoms with van der Waals surface area (Å²) in [5.74, 6) is 1.86. The number of rotatable bonds is 1. The lowest BCUT2D eigenvalue weighted by atomic mass is 9.90. The van der Waals surface area contributed by atoms with Gasteiger partial charge in [-0.1, -0.05) is 72.8 Å². The first-order valence-corrected chi connectivity index (χ1v) is 10.9. The summed E-state index contributed by atoms with van der Waals surface area (Å²) in [6.07, 6.45) is 0. The van der Waals surface area contributed by atoms with Crippen LogP contribution < -0.4 is 4.74 Å². The van der Waals surface area contributed by atoms with E-state index in [9.17, 15) is 0 Å². The molecule has 2 heteroatoms. The molecule has 7 rings (SSSR count). The SMILES string of the molecule is c1ccc2c(c1)Oc1ccc(-c3cccc4c3sc3ccccc34)c3cccc-2c13. The van der Waals surface area contributed by atoms with Gasteiger partial charge in [-0.15, -0.1) is 11.3 Å². The summed E-state index contributed by atoms with van der Waals surface area (Å²) in [7, 11) is 0. The van der Waals surface area contributed by atoms with Crippen molar-refractivity contribution in [3.8, 4) is 33.8 Å². The Morgan fingerprint density at radius 3 is 2.17 bits per heavy atom. The highest BCUT2D eigenvalue weighted by Crippen LogP contribution is 2.49. The Kier molecular flexibility index (Phi) is 3.21. The minimum atomic E-state index is 0.928. The third-order valence-corrected chi connectivity index (χ3v) is 7.31. The number of benzene rings is 5. The topological polar surface area (TPSA) is 9.23 Å². The first kappa shape index (κ1) is 16.2. The van der Waals surface area contributed by atoms with Crippen molar-refractivity contribution < 1.29 is 4.74 Å². The quantitative estimate of drug-likeness (QED) is 0.268. The van der Waals surface area contributed by atoms with Crippen LogP contribution in [-0.2, 0) is 0 Å². The second-order valence-corrected chi connectivity index (χ2v) is 8.77. The molecular formula is C28H16OS. The predicted octanol–water partition coefficient (Wildman–Crippen LogP) is 8.65. The highest BCUT2D eigenvalue weighted by atomic mass is 32.1. The summed E-state index contributed by atoms with van der Waals surface area (Å²) in [4.78, 5) is 0. The zero-order valence-corrected chi connectivity index (χ0v) is 16.9. The van der Waals surface area contributed by atoms with Crippen LogP contribution in [0.5, 0.6) is 11.5 Å². The highest BCUT2D eigenvalue weighted by molar-refractivity contribution is 7.26. The van der Waals surface area contributed by atoms with Gasteiger partial charge >= 0.3 is 0 Å². The molecule has 0 aliphatic carbocycles. The Labute approximate surface area is 177 Å². The van der Waals surface area contributed by atoms with Crippen LogP contribution in [-0.4, -0.2) is 0 Å². The van der Waals surface area contributed by atoms with Gasteiger partial charge < -0.3 is 4.74 Å². The fraction of sp³-hybridized carbons (Fsp3) is 0. The molecule has 2 heterocycles. The predicted molar refractivity (Wildman–Crippen MR) is 128 cm³/mol. The zero-order chi connectivity index (χ0) is 19.7. The van der Waals surface area contributed by atoms with Crippen LogP contribution in [0, 0.1) is 0 Å². The molecule has 0 spiro atoms. The molecule has 1 aliphatic heterocycles. The summed E-state index contributed by atoms with van der Waals surface area (Å²) < 4.78 is 8.96. The van der Waals surface area contributed by atoms with E-state index in [4.69, 9.17) is 4.74 Å². The minimum Gasteiger partial charge on any atom is -0.456 e. The largest absolute Gasteiger partial charge is 0.456 e. The third kappa shape index (κ3) is 2.11. The Bertz CT molecular complexity index is 1620. The molecule has 1 aliphatic rings. The highest BCUT2D eigenvalue weighted by Gasteiger charge is 2.21. The Hall–Kier alpha value is -3.62. The van der Waals surface area contributed by atoms with Crippen LogP contribution in [0.4, 0.5) is 0 Å². The van der Waals surface area contributed by atoms with Crippen molar-refractivity contribution in [1.29, 1.82) is 0 Å². The molecule has 30 heavy (non-hydrogen) atoms. The van der Waals surface area contributed by atoms with Gasteiger partial charge in [0.25, 0.3) is 0 Å². The molecule has 0 unspecified atom stereocenters. The van der Waals surface area contributed by atoms with Gasteiger partial charge in [-0.05, 0) is 40.8 Å². The number of para-hydroxylation sites is 1. The van der Waals surface area contributed by atoms with Crippen molar-refractivity contribution in [3.05, 3.63) is 97.1 Å². The second-order valence-electron chi connectivity index (χ2n) is 7.72. The summed E-state index contributed by atoms with van der Waals surface area (Å²) in [6.45, 7) is 0. The van der Waals surface area contributed by atoms with Gasteiger partial charge in [0.1, 0.15) is 11.5 Å². The fourth-order valence-electron chi connectivity index (χ4n) is 4.77. The van der Waals surface area contributed by atoms with Crippen LogP contribution in [0.25, 0.3) is 53.2 Å². The lowest BCUT2D eigenvalue weighted by Gasteiger charge is -2.22. The molecule has 0 radical (unpaired) electrons. The summed E-state index contributed by atoms with van der Waals surface area (Å²) in [5, 5.41) is 5.10. The van der Waals surface area contributed by atoms with Gasteiger partial charge in [0.15, 0.2) is 0 Å². The number of fused-ring (bicyclic) bond motifs is 5. The number of hydrogen-bond acceptors (Lipinski definition) is 2. The molecule has 0 N–H and O–H groups in total. The molecule has 140 valence electrons. The smallest absolute Gasteiger partial charge is 0.135 e. The van der Waals surface area contributed by atoms with Crippen LogP contribution in [0.1, 0.15) is 0 Å². The van der Waals surface area contributed by atoms with Crippen molar-refractivity contribution in [2.24, 2.45) is 0 Å². The first-order valence-electron chi connectivity index (χ1n) is 10.1. The fourth-order valence-corrected chi connectivity index (χ4v) is 6.00. The molecule has 0 fully saturated rings. The molecule has 0 amide bonds. The molecule has 0 atom stereocenters. The molecule has 5 aromatic carbocycles. The van der Waals surface area contributed by atoms with E-state index in [-0.39, 0.29) is 0 Å². The van der Waals surface area contributed by atoms with Gasteiger partial charge in [0, 0.05) is 36.7 Å². The van der Waals surface area contributed by atoms with Crippen LogP contribution in [0.3, 0.4) is 0 Å². The maximum absolute atomic E-state index is 6.28. The lowest BCUT2D eigenvalue weighted by molar-refractivity contribution is 0.487. The van der Waals surface area contributed by atoms with Gasteiger partial charge in [-0.25, -0.2) is 0 Å². The number of thiophene rings is 1. The molecule has 0 saturated carbocycles. The standard InChI is InChI=1S/C28H16OS/c1-3-13-24-18(7-1)21-10-5-9-20-17(15-16-25(29-24)27(20)21)22-11-6-12-23-19-8-2-4-14-26(19)30-28(22)23/h1-16H. The van der Waals surface area contributed by atoms with E-state index >= 15 is 0 Å². The average Bonchev–Trinajstić information content (AvgIpc) is 3.19. The van der Waals surface area contributed by atoms with E-state index in [0.717, 1.165) is 17.1 Å². The van der Waals surface area contributed by atoms with Gasteiger partial charge in [-0.3, -0.25) is 0 Å². The van der Waals surface area contributed by atoms with Crippen molar-refractivity contribution in [1.82, 2.24) is 0 Å². The molecule has 0 bridgehead atoms. The van der Waals surface area contributed by atoms with Gasteiger partial charge in [-0.2, -0.15) is 0 Å². The Morgan fingerprint density at radius 2 is 1.20 bits per heavy atom. The van der Waals surface area contributed by atoms with Crippen molar-refractivity contribution in [2.75, 3.05) is 0 Å². The van der Waals surface area contributed by atoms with E-state index in [2.05, 4.69) is 84.9 Å². The molecule has 1 nitrogen and oxygen atoms in total. The molecule has 1 aromatic heterocycles. The van der Waals surface area contributed by atoms with Gasteiger partial charge in [0.2, 0.25) is 0 Å². The third-order valence-electron chi connectivity index (χ3n) is 6.09. The maximum atomic E-state index is 6.28. The monoisotopic (exact) mass is 400 g/mol. The van der Waals surface area contributed by atoms with Crippen LogP contribution >= 0.6 is 11.3 Å². The zero-order valence-electron chi connectivity index (χ0n) is 16.1. The maximum Gasteiger partial charge on any atom is 0.135 e. The lowest BCUT2D eigenvalue weighted by Crippen LogP contribution is -1.97. The van der Waals surface area contributed by atoms with E-state index in [0.29, 0.717) is 0 Å². The summed E-state index contributed by atoms with van der Waals surface area (Å²) in [6, 6.07) is 34.6. The minimum absolute atomic E-state index is 0.928. The van der Waals surface area contributed by atoms with Crippen molar-refractivity contribution in [2.45, 2.75) is 0 Å². The van der Waals surface area contributed by atoms with Crippen molar-refractivity contribution >= 4 is 42.3 Å². The molecule has 0 saturated heterocycles. The number of ether oxygens (including phenoxy) is 1. The average molecular weight is 401 g/mol. The number of hydrogen-bond donors (Lipinski definition) is 0. The van der Waals surface area contributed by atoms with Crippen LogP contribution in [0.2, 0.25) is 0 Å². The summed E-state index contributed by atoms with van der Waals surface area (Å²) in [5.41, 5.74) is 4.95. The van der Waals surface area contributed by atoms with Gasteiger partial charge in [0.05, 0.1) is 0 Å². The molecular weight excluding hydrogens is 384 g/mol. The second kappa shape index (κ2) is 5.94. The van der Waals surface area contributed by atoms with Crippen molar-refractivity contribution in [3.63, 3.8) is 0 Å². The van der Waals surface area contributed by atoms with E-state index < -0.39 is 0 Å².